The molecule has 0 aliphatic carbocycles. The highest BCUT2D eigenvalue weighted by Gasteiger charge is 2.31. The highest BCUT2D eigenvalue weighted by molar-refractivity contribution is 7.89. The molecule has 0 saturated carbocycles. The number of sulfonamides is 1. The number of aromatic nitrogens is 2. The molecule has 1 amide bonds. The number of rotatable bonds is 3. The molecule has 1 aromatic heterocycles. The van der Waals surface area contributed by atoms with Crippen molar-refractivity contribution in [1.82, 2.24) is 18.8 Å². The maximum atomic E-state index is 13.1. The van der Waals surface area contributed by atoms with Gasteiger partial charge >= 0.3 is 0 Å². The molecule has 0 unspecified atom stereocenters. The number of nitrogens with zero attached hydrogens (tertiary/aromatic N) is 4. The predicted octanol–water partition coefficient (Wildman–Crippen LogP) is 2.11. The van der Waals surface area contributed by atoms with Crippen LogP contribution in [0.1, 0.15) is 33.7 Å². The van der Waals surface area contributed by atoms with E-state index in [1.54, 1.807) is 46.7 Å². The van der Waals surface area contributed by atoms with Crippen molar-refractivity contribution in [2.45, 2.75) is 38.1 Å². The van der Waals surface area contributed by atoms with Crippen LogP contribution in [0.25, 0.3) is 10.9 Å². The fourth-order valence-electron chi connectivity index (χ4n) is 4.76. The summed E-state index contributed by atoms with van der Waals surface area (Å²) in [7, 11) is -3.61. The fraction of sp³-hybridized carbons (Fsp3) is 0.375. The Morgan fingerprint density at radius 3 is 2.45 bits per heavy atom. The highest BCUT2D eigenvalue weighted by Crippen LogP contribution is 2.23. The number of carbonyl (C=O) groups is 1. The molecule has 0 atom stereocenters. The number of hydrogen-bond donors (Lipinski definition) is 0. The van der Waals surface area contributed by atoms with Crippen LogP contribution in [0.5, 0.6) is 0 Å². The SMILES string of the molecule is Cc1ccc(S(=O)(=O)N2CCN(C(=O)c3ccc4c(=O)n5c(nc4c3)CCC5)CC2)c(C)c1. The van der Waals surface area contributed by atoms with E-state index in [1.165, 1.54) is 4.31 Å². The zero-order chi connectivity index (χ0) is 23.3. The van der Waals surface area contributed by atoms with E-state index in [0.29, 0.717) is 41.0 Å². The van der Waals surface area contributed by atoms with E-state index in [9.17, 15) is 18.0 Å². The van der Waals surface area contributed by atoms with E-state index in [4.69, 9.17) is 0 Å². The molecular weight excluding hydrogens is 440 g/mol. The molecule has 2 aliphatic heterocycles. The molecule has 8 nitrogen and oxygen atoms in total. The molecule has 0 bridgehead atoms. The van der Waals surface area contributed by atoms with Gasteiger partial charge in [-0.05, 0) is 50.1 Å². The Morgan fingerprint density at radius 1 is 0.970 bits per heavy atom. The number of fused-ring (bicyclic) bond motifs is 2. The predicted molar refractivity (Wildman–Crippen MR) is 125 cm³/mol. The topological polar surface area (TPSA) is 92.6 Å². The van der Waals surface area contributed by atoms with Crippen LogP contribution in [0.3, 0.4) is 0 Å². The van der Waals surface area contributed by atoms with Crippen molar-refractivity contribution >= 4 is 26.8 Å². The van der Waals surface area contributed by atoms with Crippen LogP contribution in [0.15, 0.2) is 46.1 Å². The second kappa shape index (κ2) is 8.07. The van der Waals surface area contributed by atoms with Gasteiger partial charge in [-0.1, -0.05) is 17.7 Å². The number of carbonyl (C=O) groups excluding carboxylic acids is 1. The van der Waals surface area contributed by atoms with E-state index in [2.05, 4.69) is 4.98 Å². The van der Waals surface area contributed by atoms with Crippen molar-refractivity contribution in [2.75, 3.05) is 26.2 Å². The zero-order valence-electron chi connectivity index (χ0n) is 18.7. The molecule has 172 valence electrons. The normalized spacial score (nSPS) is 16.8. The van der Waals surface area contributed by atoms with Crippen LogP contribution in [0.2, 0.25) is 0 Å². The van der Waals surface area contributed by atoms with Crippen molar-refractivity contribution in [2.24, 2.45) is 0 Å². The minimum absolute atomic E-state index is 0.0586. The molecule has 0 radical (unpaired) electrons. The standard InChI is InChI=1S/C24H26N4O4S/c1-16-5-8-21(17(2)14-16)33(31,32)27-12-10-26(11-13-27)23(29)18-6-7-19-20(15-18)25-22-4-3-9-28(22)24(19)30/h5-8,14-15H,3-4,9-13H2,1-2H3. The van der Waals surface area contributed by atoms with Crippen LogP contribution in [0, 0.1) is 13.8 Å². The summed E-state index contributed by atoms with van der Waals surface area (Å²) in [5, 5.41) is 0.515. The molecule has 33 heavy (non-hydrogen) atoms. The summed E-state index contributed by atoms with van der Waals surface area (Å²) in [5.74, 6) is 0.588. The molecule has 1 fully saturated rings. The molecule has 3 aromatic rings. The maximum absolute atomic E-state index is 13.1. The minimum atomic E-state index is -3.61. The van der Waals surface area contributed by atoms with Crippen LogP contribution in [-0.4, -0.2) is 59.3 Å². The lowest BCUT2D eigenvalue weighted by molar-refractivity contribution is 0.0698. The number of aryl methyl sites for hydroxylation is 3. The number of piperazine rings is 1. The second-order valence-electron chi connectivity index (χ2n) is 8.79. The summed E-state index contributed by atoms with van der Waals surface area (Å²) in [6, 6.07) is 10.3. The minimum Gasteiger partial charge on any atom is -0.336 e. The molecule has 9 heteroatoms. The summed E-state index contributed by atoms with van der Waals surface area (Å²) in [4.78, 5) is 32.4. The third-order valence-electron chi connectivity index (χ3n) is 6.54. The Morgan fingerprint density at radius 2 is 1.73 bits per heavy atom. The van der Waals surface area contributed by atoms with Gasteiger partial charge in [0.05, 0.1) is 15.8 Å². The Labute approximate surface area is 192 Å². The summed E-state index contributed by atoms with van der Waals surface area (Å²) in [5.41, 5.74) is 2.67. The third-order valence-corrected chi connectivity index (χ3v) is 8.60. The van der Waals surface area contributed by atoms with Crippen molar-refractivity contribution in [3.8, 4) is 0 Å². The Bertz CT molecular complexity index is 1440. The van der Waals surface area contributed by atoms with Gasteiger partial charge in [0.25, 0.3) is 11.5 Å². The number of amides is 1. The Hall–Kier alpha value is -3.04. The van der Waals surface area contributed by atoms with Crippen molar-refractivity contribution in [3.63, 3.8) is 0 Å². The fourth-order valence-corrected chi connectivity index (χ4v) is 6.39. The first kappa shape index (κ1) is 21.8. The van der Waals surface area contributed by atoms with Crippen molar-refractivity contribution in [1.29, 1.82) is 0 Å². The van der Waals surface area contributed by atoms with Crippen LogP contribution < -0.4 is 5.56 Å². The van der Waals surface area contributed by atoms with Crippen LogP contribution in [0.4, 0.5) is 0 Å². The van der Waals surface area contributed by atoms with Gasteiger partial charge in [0.2, 0.25) is 10.0 Å². The molecule has 0 spiro atoms. The molecule has 1 saturated heterocycles. The van der Waals surface area contributed by atoms with Gasteiger partial charge in [0, 0.05) is 44.7 Å². The van der Waals surface area contributed by atoms with Gasteiger partial charge in [-0.15, -0.1) is 0 Å². The van der Waals surface area contributed by atoms with Crippen molar-refractivity contribution in [3.05, 3.63) is 69.3 Å². The first-order valence-corrected chi connectivity index (χ1v) is 12.6. The third kappa shape index (κ3) is 3.75. The van der Waals surface area contributed by atoms with E-state index in [0.717, 1.165) is 29.8 Å². The maximum Gasteiger partial charge on any atom is 0.261 e. The lowest BCUT2D eigenvalue weighted by Crippen LogP contribution is -2.50. The number of hydrogen-bond acceptors (Lipinski definition) is 5. The molecular formula is C24H26N4O4S. The van der Waals surface area contributed by atoms with Gasteiger partial charge in [0.15, 0.2) is 0 Å². The summed E-state index contributed by atoms with van der Waals surface area (Å²) < 4.78 is 29.4. The number of benzene rings is 2. The average molecular weight is 467 g/mol. The van der Waals surface area contributed by atoms with Gasteiger partial charge < -0.3 is 4.90 Å². The Kier molecular flexibility index (Phi) is 5.33. The molecule has 5 rings (SSSR count). The van der Waals surface area contributed by atoms with Crippen molar-refractivity contribution < 1.29 is 13.2 Å². The summed E-state index contributed by atoms with van der Waals surface area (Å²) >= 11 is 0. The highest BCUT2D eigenvalue weighted by atomic mass is 32.2. The molecule has 2 aromatic carbocycles. The smallest absolute Gasteiger partial charge is 0.261 e. The largest absolute Gasteiger partial charge is 0.336 e. The first-order chi connectivity index (χ1) is 15.8. The Balaban J connectivity index is 1.34. The van der Waals surface area contributed by atoms with Gasteiger partial charge in [-0.2, -0.15) is 4.31 Å². The van der Waals surface area contributed by atoms with Crippen LogP contribution >= 0.6 is 0 Å². The molecule has 3 heterocycles. The molecule has 0 N–H and O–H groups in total. The zero-order valence-corrected chi connectivity index (χ0v) is 19.6. The first-order valence-electron chi connectivity index (χ1n) is 11.2. The van der Waals surface area contributed by atoms with E-state index >= 15 is 0 Å². The van der Waals surface area contributed by atoms with Gasteiger partial charge in [-0.3, -0.25) is 14.2 Å². The van der Waals surface area contributed by atoms with Gasteiger partial charge in [0.1, 0.15) is 5.82 Å². The summed E-state index contributed by atoms with van der Waals surface area (Å²) in [6.07, 6.45) is 1.67. The van der Waals surface area contributed by atoms with E-state index in [1.807, 2.05) is 13.0 Å². The van der Waals surface area contributed by atoms with Gasteiger partial charge in [-0.25, -0.2) is 13.4 Å². The molecule has 2 aliphatic rings. The lowest BCUT2D eigenvalue weighted by Gasteiger charge is -2.34. The average Bonchev–Trinajstić information content (AvgIpc) is 3.27. The quantitative estimate of drug-likeness (QED) is 0.590. The second-order valence-corrected chi connectivity index (χ2v) is 10.7. The van der Waals surface area contributed by atoms with E-state index < -0.39 is 10.0 Å². The summed E-state index contributed by atoms with van der Waals surface area (Å²) in [6.45, 7) is 5.51. The monoisotopic (exact) mass is 466 g/mol. The lowest BCUT2D eigenvalue weighted by atomic mass is 10.1. The van der Waals surface area contributed by atoms with E-state index in [-0.39, 0.29) is 24.6 Å². The van der Waals surface area contributed by atoms with Crippen LogP contribution in [-0.2, 0) is 23.0 Å².